The van der Waals surface area contributed by atoms with Gasteiger partial charge in [-0.05, 0) is 6.92 Å². The minimum Gasteiger partial charge on any atom is -0.456 e. The lowest BCUT2D eigenvalue weighted by atomic mass is 10.0. The van der Waals surface area contributed by atoms with Gasteiger partial charge < -0.3 is 19.3 Å². The molecule has 98 valence electrons. The fraction of sp³-hybridized carbons (Fsp3) is 0.800. The number of aliphatic hydroxyl groups is 1. The smallest absolute Gasteiger partial charge is 0.303 e. The maximum absolute atomic E-state index is 13.4. The third kappa shape index (κ3) is 3.72. The van der Waals surface area contributed by atoms with Gasteiger partial charge in [-0.2, -0.15) is 0 Å². The summed E-state index contributed by atoms with van der Waals surface area (Å²) in [6.45, 7) is 2.56. The number of hydrogen-bond donors (Lipinski definition) is 1. The highest BCUT2D eigenvalue weighted by Crippen LogP contribution is 2.21. The molecule has 17 heavy (non-hydrogen) atoms. The molecule has 0 bridgehead atoms. The molecule has 0 aliphatic carbocycles. The van der Waals surface area contributed by atoms with E-state index in [2.05, 4.69) is 4.74 Å². The maximum atomic E-state index is 13.4. The lowest BCUT2D eigenvalue weighted by Crippen LogP contribution is -2.53. The zero-order chi connectivity index (χ0) is 13.0. The molecule has 1 rings (SSSR count). The first-order valence-electron chi connectivity index (χ1n) is 5.17. The SMILES string of the molecule is CC(=O)O[C@@H]([C@@H]1OC(C)OC[C@H]1O)[C@@H](F)C=O. The van der Waals surface area contributed by atoms with Crippen LogP contribution < -0.4 is 0 Å². The lowest BCUT2D eigenvalue weighted by Gasteiger charge is -2.36. The molecule has 0 saturated carbocycles. The van der Waals surface area contributed by atoms with Gasteiger partial charge in [0.05, 0.1) is 6.61 Å². The van der Waals surface area contributed by atoms with Crippen molar-refractivity contribution in [1.82, 2.24) is 0 Å². The molecular weight excluding hydrogens is 235 g/mol. The first-order chi connectivity index (χ1) is 7.95. The Hall–Kier alpha value is -1.05. The fourth-order valence-electron chi connectivity index (χ4n) is 1.56. The van der Waals surface area contributed by atoms with E-state index in [-0.39, 0.29) is 12.9 Å². The Morgan fingerprint density at radius 1 is 1.65 bits per heavy atom. The molecule has 1 fully saturated rings. The average Bonchev–Trinajstić information content (AvgIpc) is 2.28. The molecule has 7 heteroatoms. The van der Waals surface area contributed by atoms with Gasteiger partial charge in [0.2, 0.25) is 0 Å². The van der Waals surface area contributed by atoms with Crippen molar-refractivity contribution in [3.63, 3.8) is 0 Å². The highest BCUT2D eigenvalue weighted by Gasteiger charge is 2.41. The number of carbonyl (C=O) groups is 2. The number of aliphatic hydroxyl groups excluding tert-OH is 1. The molecule has 5 atom stereocenters. The summed E-state index contributed by atoms with van der Waals surface area (Å²) in [4.78, 5) is 21.3. The summed E-state index contributed by atoms with van der Waals surface area (Å²) in [6.07, 6.45) is -6.46. The van der Waals surface area contributed by atoms with E-state index in [1.807, 2.05) is 0 Å². The summed E-state index contributed by atoms with van der Waals surface area (Å²) < 4.78 is 28.1. The van der Waals surface area contributed by atoms with Gasteiger partial charge in [-0.1, -0.05) is 0 Å². The molecule has 0 amide bonds. The molecule has 1 saturated heterocycles. The van der Waals surface area contributed by atoms with Crippen molar-refractivity contribution in [1.29, 1.82) is 0 Å². The standard InChI is InChI=1S/C10H15FO6/c1-5(13)16-9(7(11)3-12)10-8(14)4-15-6(2)17-10/h3,6-10,14H,4H2,1-2H3/t6?,7-,8+,9+,10+/m0/s1. The summed E-state index contributed by atoms with van der Waals surface area (Å²) in [6, 6.07) is 0. The number of halogens is 1. The van der Waals surface area contributed by atoms with Crippen molar-refractivity contribution >= 4 is 12.3 Å². The van der Waals surface area contributed by atoms with Gasteiger partial charge in [-0.25, -0.2) is 4.39 Å². The molecule has 0 aromatic carbocycles. The topological polar surface area (TPSA) is 82.1 Å². The molecule has 1 unspecified atom stereocenters. The molecule has 1 aliphatic heterocycles. The Morgan fingerprint density at radius 3 is 2.82 bits per heavy atom. The van der Waals surface area contributed by atoms with Crippen LogP contribution in [0.5, 0.6) is 0 Å². The number of carbonyl (C=O) groups excluding carboxylic acids is 2. The van der Waals surface area contributed by atoms with Crippen molar-refractivity contribution in [2.45, 2.75) is 44.6 Å². The van der Waals surface area contributed by atoms with Crippen molar-refractivity contribution in [2.24, 2.45) is 0 Å². The summed E-state index contributed by atoms with van der Waals surface area (Å²) >= 11 is 0. The van der Waals surface area contributed by atoms with Crippen LogP contribution >= 0.6 is 0 Å². The van der Waals surface area contributed by atoms with Gasteiger partial charge in [-0.15, -0.1) is 0 Å². The molecule has 0 spiro atoms. The van der Waals surface area contributed by atoms with E-state index in [9.17, 15) is 19.1 Å². The molecule has 0 aromatic heterocycles. The third-order valence-electron chi connectivity index (χ3n) is 2.30. The second kappa shape index (κ2) is 6.04. The highest BCUT2D eigenvalue weighted by atomic mass is 19.1. The van der Waals surface area contributed by atoms with Gasteiger partial charge >= 0.3 is 5.97 Å². The van der Waals surface area contributed by atoms with Crippen molar-refractivity contribution < 1.29 is 33.3 Å². The van der Waals surface area contributed by atoms with E-state index in [0.29, 0.717) is 0 Å². The molecule has 0 radical (unpaired) electrons. The fourth-order valence-corrected chi connectivity index (χ4v) is 1.56. The van der Waals surface area contributed by atoms with Crippen LogP contribution in [-0.2, 0) is 23.8 Å². The normalized spacial score (nSPS) is 32.6. The van der Waals surface area contributed by atoms with Crippen LogP contribution in [0.25, 0.3) is 0 Å². The Kier molecular flexibility index (Phi) is 4.98. The summed E-state index contributed by atoms with van der Waals surface area (Å²) in [7, 11) is 0. The van der Waals surface area contributed by atoms with Crippen LogP contribution in [0, 0.1) is 0 Å². The molecular formula is C10H15FO6. The Labute approximate surface area is 97.6 Å². The van der Waals surface area contributed by atoms with Crippen LogP contribution in [-0.4, -0.2) is 54.7 Å². The van der Waals surface area contributed by atoms with Crippen LogP contribution in [0.1, 0.15) is 13.8 Å². The van der Waals surface area contributed by atoms with Crippen molar-refractivity contribution in [3.05, 3.63) is 0 Å². The van der Waals surface area contributed by atoms with E-state index in [1.54, 1.807) is 6.92 Å². The van der Waals surface area contributed by atoms with Crippen molar-refractivity contribution in [3.8, 4) is 0 Å². The Morgan fingerprint density at radius 2 is 2.29 bits per heavy atom. The van der Waals surface area contributed by atoms with Crippen LogP contribution in [0.3, 0.4) is 0 Å². The number of hydrogen-bond acceptors (Lipinski definition) is 6. The number of rotatable bonds is 4. The third-order valence-corrected chi connectivity index (χ3v) is 2.30. The summed E-state index contributed by atoms with van der Waals surface area (Å²) in [5.74, 6) is -0.755. The number of esters is 1. The molecule has 1 heterocycles. The molecule has 1 aliphatic rings. The molecule has 0 aromatic rings. The molecule has 6 nitrogen and oxygen atoms in total. The van der Waals surface area contributed by atoms with E-state index in [0.717, 1.165) is 6.92 Å². The van der Waals surface area contributed by atoms with E-state index < -0.39 is 36.7 Å². The zero-order valence-electron chi connectivity index (χ0n) is 9.54. The van der Waals surface area contributed by atoms with Crippen molar-refractivity contribution in [2.75, 3.05) is 6.61 Å². The monoisotopic (exact) mass is 250 g/mol. The van der Waals surface area contributed by atoms with E-state index >= 15 is 0 Å². The van der Waals surface area contributed by atoms with Gasteiger partial charge in [0.25, 0.3) is 0 Å². The Bertz CT molecular complexity index is 284. The maximum Gasteiger partial charge on any atom is 0.303 e. The first-order valence-corrected chi connectivity index (χ1v) is 5.17. The quantitative estimate of drug-likeness (QED) is 0.539. The summed E-state index contributed by atoms with van der Waals surface area (Å²) in [5, 5.41) is 9.59. The van der Waals surface area contributed by atoms with Gasteiger partial charge in [0.1, 0.15) is 12.2 Å². The minimum absolute atomic E-state index is 0.00379. The predicted molar refractivity (Wildman–Crippen MR) is 52.8 cm³/mol. The number of alkyl halides is 1. The van der Waals surface area contributed by atoms with Crippen LogP contribution in [0.15, 0.2) is 0 Å². The van der Waals surface area contributed by atoms with Crippen LogP contribution in [0.4, 0.5) is 4.39 Å². The Balaban J connectivity index is 2.79. The van der Waals surface area contributed by atoms with E-state index in [1.165, 1.54) is 0 Å². The van der Waals surface area contributed by atoms with E-state index in [4.69, 9.17) is 9.47 Å². The predicted octanol–water partition coefficient (Wildman–Crippen LogP) is -0.423. The van der Waals surface area contributed by atoms with Gasteiger partial charge in [-0.3, -0.25) is 9.59 Å². The summed E-state index contributed by atoms with van der Waals surface area (Å²) in [5.41, 5.74) is 0. The molecule has 1 N–H and O–H groups in total. The number of aldehydes is 1. The van der Waals surface area contributed by atoms with Gasteiger partial charge in [0.15, 0.2) is 24.9 Å². The average molecular weight is 250 g/mol. The minimum atomic E-state index is -2.05. The highest BCUT2D eigenvalue weighted by molar-refractivity contribution is 5.67. The van der Waals surface area contributed by atoms with Gasteiger partial charge in [0, 0.05) is 6.92 Å². The number of ether oxygens (including phenoxy) is 3. The first kappa shape index (κ1) is 14.0. The van der Waals surface area contributed by atoms with Crippen LogP contribution in [0.2, 0.25) is 0 Å². The lowest BCUT2D eigenvalue weighted by molar-refractivity contribution is -0.270. The largest absolute Gasteiger partial charge is 0.456 e. The second-order valence-corrected chi connectivity index (χ2v) is 3.72. The zero-order valence-corrected chi connectivity index (χ0v) is 9.54. The second-order valence-electron chi connectivity index (χ2n) is 3.72.